The molecule has 1 N–H and O–H groups in total. The van der Waals surface area contributed by atoms with Crippen molar-refractivity contribution in [1.29, 1.82) is 0 Å². The molecule has 1 aliphatic rings. The lowest BCUT2D eigenvalue weighted by molar-refractivity contribution is 0.0709. The first-order valence-electron chi connectivity index (χ1n) is 3.74. The minimum atomic E-state index is -0.309. The summed E-state index contributed by atoms with van der Waals surface area (Å²) in [6, 6.07) is -0.133. The summed E-state index contributed by atoms with van der Waals surface area (Å²) in [5.74, 6) is 0.345. The lowest BCUT2D eigenvalue weighted by Gasteiger charge is -2.26. The summed E-state index contributed by atoms with van der Waals surface area (Å²) in [5, 5.41) is 12.2. The Bertz CT molecular complexity index is 127. The van der Waals surface area contributed by atoms with E-state index in [0.717, 1.165) is 12.8 Å². The average Bonchev–Trinajstić information content (AvgIpc) is 1.95. The van der Waals surface area contributed by atoms with Crippen LogP contribution in [0.2, 0.25) is 0 Å². The summed E-state index contributed by atoms with van der Waals surface area (Å²) in [7, 11) is 0. The zero-order valence-corrected chi connectivity index (χ0v) is 6.16. The predicted molar refractivity (Wildman–Crippen MR) is 38.6 cm³/mol. The molecule has 0 heterocycles. The second kappa shape index (κ2) is 3.10. The standard InChI is InChI=1S/C7H13NO2/c1-5-2-3-6(8-10)4-7(5)9/h5-7,9H,2-4H2,1H3/t5-,6?,7-/m1/s1. The van der Waals surface area contributed by atoms with Crippen LogP contribution >= 0.6 is 0 Å². The van der Waals surface area contributed by atoms with Gasteiger partial charge < -0.3 is 5.11 Å². The Labute approximate surface area is 60.4 Å². The Kier molecular flexibility index (Phi) is 2.38. The van der Waals surface area contributed by atoms with Crippen LogP contribution in [0.5, 0.6) is 0 Å². The number of rotatable bonds is 1. The molecule has 0 amide bonds. The second-order valence-electron chi connectivity index (χ2n) is 3.12. The smallest absolute Gasteiger partial charge is 0.0944 e. The number of hydrogen-bond acceptors (Lipinski definition) is 3. The van der Waals surface area contributed by atoms with E-state index in [1.807, 2.05) is 6.92 Å². The molecule has 0 aromatic carbocycles. The summed E-state index contributed by atoms with van der Waals surface area (Å²) in [4.78, 5) is 10.1. The van der Waals surface area contributed by atoms with Crippen LogP contribution in [0.4, 0.5) is 0 Å². The number of nitroso groups, excluding NO2 is 1. The van der Waals surface area contributed by atoms with Crippen LogP contribution in [-0.4, -0.2) is 17.3 Å². The fourth-order valence-corrected chi connectivity index (χ4v) is 1.37. The Morgan fingerprint density at radius 1 is 1.50 bits per heavy atom. The lowest BCUT2D eigenvalue weighted by atomic mass is 9.85. The maximum atomic E-state index is 10.1. The highest BCUT2D eigenvalue weighted by Gasteiger charge is 2.26. The second-order valence-corrected chi connectivity index (χ2v) is 3.12. The predicted octanol–water partition coefficient (Wildman–Crippen LogP) is 1.30. The van der Waals surface area contributed by atoms with Crippen LogP contribution in [0.25, 0.3) is 0 Å². The van der Waals surface area contributed by atoms with Crippen molar-refractivity contribution in [2.45, 2.75) is 38.3 Å². The SMILES string of the molecule is C[C@@H]1CCC(N=O)C[C@H]1O. The number of hydrogen-bond donors (Lipinski definition) is 1. The third-order valence-corrected chi connectivity index (χ3v) is 2.27. The van der Waals surface area contributed by atoms with E-state index in [9.17, 15) is 10.0 Å². The van der Waals surface area contributed by atoms with Gasteiger partial charge in [0, 0.05) is 0 Å². The summed E-state index contributed by atoms with van der Waals surface area (Å²) in [6.07, 6.45) is 2.03. The molecule has 0 saturated heterocycles. The highest BCUT2D eigenvalue weighted by molar-refractivity contribution is 4.80. The van der Waals surface area contributed by atoms with Crippen molar-refractivity contribution in [2.75, 3.05) is 0 Å². The minimum Gasteiger partial charge on any atom is -0.393 e. The molecule has 10 heavy (non-hydrogen) atoms. The van der Waals surface area contributed by atoms with E-state index < -0.39 is 0 Å². The fourth-order valence-electron chi connectivity index (χ4n) is 1.37. The van der Waals surface area contributed by atoms with Gasteiger partial charge in [0.05, 0.1) is 12.1 Å². The van der Waals surface area contributed by atoms with Gasteiger partial charge in [0.25, 0.3) is 0 Å². The summed E-state index contributed by atoms with van der Waals surface area (Å²) in [5.41, 5.74) is 0. The molecular formula is C7H13NO2. The maximum Gasteiger partial charge on any atom is 0.0944 e. The normalized spacial score (nSPS) is 41.2. The molecule has 1 rings (SSSR count). The zero-order valence-electron chi connectivity index (χ0n) is 6.16. The molecule has 58 valence electrons. The molecule has 0 spiro atoms. The molecule has 0 aromatic rings. The van der Waals surface area contributed by atoms with Crippen molar-refractivity contribution >= 4 is 0 Å². The molecule has 1 fully saturated rings. The molecule has 3 nitrogen and oxygen atoms in total. The monoisotopic (exact) mass is 143 g/mol. The molecule has 3 atom stereocenters. The van der Waals surface area contributed by atoms with E-state index in [-0.39, 0.29) is 12.1 Å². The van der Waals surface area contributed by atoms with Crippen molar-refractivity contribution in [3.05, 3.63) is 4.91 Å². The van der Waals surface area contributed by atoms with E-state index in [2.05, 4.69) is 5.18 Å². The van der Waals surface area contributed by atoms with Gasteiger partial charge in [0.15, 0.2) is 0 Å². The molecule has 0 radical (unpaired) electrons. The van der Waals surface area contributed by atoms with E-state index in [1.54, 1.807) is 0 Å². The molecule has 1 unspecified atom stereocenters. The first-order chi connectivity index (χ1) is 4.74. The summed E-state index contributed by atoms with van der Waals surface area (Å²) < 4.78 is 0. The van der Waals surface area contributed by atoms with Gasteiger partial charge in [0.1, 0.15) is 0 Å². The zero-order chi connectivity index (χ0) is 7.56. The minimum absolute atomic E-state index is 0.133. The average molecular weight is 143 g/mol. The van der Waals surface area contributed by atoms with E-state index in [0.29, 0.717) is 12.3 Å². The van der Waals surface area contributed by atoms with Gasteiger partial charge in [-0.2, -0.15) is 4.91 Å². The van der Waals surface area contributed by atoms with Gasteiger partial charge in [-0.05, 0) is 25.2 Å². The number of aliphatic hydroxyl groups excluding tert-OH is 1. The number of aliphatic hydroxyl groups is 1. The highest BCUT2D eigenvalue weighted by atomic mass is 16.3. The largest absolute Gasteiger partial charge is 0.393 e. The van der Waals surface area contributed by atoms with Crippen LogP contribution in [0.1, 0.15) is 26.2 Å². The molecular weight excluding hydrogens is 130 g/mol. The van der Waals surface area contributed by atoms with Gasteiger partial charge in [-0.3, -0.25) is 0 Å². The van der Waals surface area contributed by atoms with Gasteiger partial charge in [-0.1, -0.05) is 12.1 Å². The van der Waals surface area contributed by atoms with Crippen molar-refractivity contribution in [3.63, 3.8) is 0 Å². The third kappa shape index (κ3) is 1.53. The Balaban J connectivity index is 2.40. The molecule has 1 saturated carbocycles. The third-order valence-electron chi connectivity index (χ3n) is 2.27. The Morgan fingerprint density at radius 3 is 2.70 bits per heavy atom. The quantitative estimate of drug-likeness (QED) is 0.562. The van der Waals surface area contributed by atoms with Gasteiger partial charge in [-0.15, -0.1) is 0 Å². The van der Waals surface area contributed by atoms with E-state index >= 15 is 0 Å². The molecule has 1 aliphatic carbocycles. The first-order valence-corrected chi connectivity index (χ1v) is 3.74. The van der Waals surface area contributed by atoms with Crippen LogP contribution in [0.3, 0.4) is 0 Å². The Hall–Kier alpha value is -0.440. The van der Waals surface area contributed by atoms with Crippen LogP contribution in [0, 0.1) is 10.8 Å². The molecule has 0 aromatic heterocycles. The van der Waals surface area contributed by atoms with Crippen molar-refractivity contribution in [3.8, 4) is 0 Å². The van der Waals surface area contributed by atoms with Gasteiger partial charge in [0.2, 0.25) is 0 Å². The lowest BCUT2D eigenvalue weighted by Crippen LogP contribution is -2.29. The van der Waals surface area contributed by atoms with Crippen LogP contribution < -0.4 is 0 Å². The topological polar surface area (TPSA) is 49.7 Å². The van der Waals surface area contributed by atoms with Crippen LogP contribution in [-0.2, 0) is 0 Å². The van der Waals surface area contributed by atoms with Crippen molar-refractivity contribution in [1.82, 2.24) is 0 Å². The molecule has 0 aliphatic heterocycles. The first kappa shape index (κ1) is 7.66. The van der Waals surface area contributed by atoms with Gasteiger partial charge >= 0.3 is 0 Å². The van der Waals surface area contributed by atoms with E-state index in [1.165, 1.54) is 0 Å². The highest BCUT2D eigenvalue weighted by Crippen LogP contribution is 2.25. The Morgan fingerprint density at radius 2 is 2.20 bits per heavy atom. The van der Waals surface area contributed by atoms with Crippen LogP contribution in [0.15, 0.2) is 5.18 Å². The molecule has 0 bridgehead atoms. The molecule has 3 heteroatoms. The van der Waals surface area contributed by atoms with Gasteiger partial charge in [-0.25, -0.2) is 0 Å². The fraction of sp³-hybridized carbons (Fsp3) is 1.00. The summed E-state index contributed by atoms with van der Waals surface area (Å²) >= 11 is 0. The number of nitrogens with zero attached hydrogens (tertiary/aromatic N) is 1. The summed E-state index contributed by atoms with van der Waals surface area (Å²) in [6.45, 7) is 2.01. The van der Waals surface area contributed by atoms with Crippen molar-refractivity contribution in [2.24, 2.45) is 11.1 Å². The van der Waals surface area contributed by atoms with Crippen molar-refractivity contribution < 1.29 is 5.11 Å². The van der Waals surface area contributed by atoms with E-state index in [4.69, 9.17) is 0 Å². The maximum absolute atomic E-state index is 10.1.